The Morgan fingerprint density at radius 2 is 2.35 bits per heavy atom. The van der Waals surface area contributed by atoms with E-state index in [-0.39, 0.29) is 11.9 Å². The van der Waals surface area contributed by atoms with Crippen LogP contribution in [0.4, 0.5) is 5.13 Å². The van der Waals surface area contributed by atoms with Crippen LogP contribution in [0.15, 0.2) is 5.38 Å². The monoisotopic (exact) mass is 253 g/mol. The molecule has 3 N–H and O–H groups in total. The Labute approximate surface area is 106 Å². The molecule has 4 nitrogen and oxygen atoms in total. The third-order valence-electron chi connectivity index (χ3n) is 3.41. The normalized spacial score (nSPS) is 18.2. The van der Waals surface area contributed by atoms with Crippen LogP contribution in [0.25, 0.3) is 0 Å². The molecule has 0 radical (unpaired) electrons. The van der Waals surface area contributed by atoms with Crippen LogP contribution >= 0.6 is 11.3 Å². The average molecular weight is 253 g/mol. The molecular formula is C12H19N3OS. The first-order chi connectivity index (χ1) is 8.15. The number of hydrogen-bond acceptors (Lipinski definition) is 4. The van der Waals surface area contributed by atoms with Gasteiger partial charge in [0.2, 0.25) is 5.91 Å². The standard InChI is InChI=1S/C12H19N3OS/c1-8(9-4-2-3-5-9)14-11(16)6-10-7-17-12(13)15-10/h7-9H,2-6H2,1H3,(H2,13,15)(H,14,16)/t8-/m1/s1. The highest BCUT2D eigenvalue weighted by Crippen LogP contribution is 2.27. The predicted molar refractivity (Wildman–Crippen MR) is 69.8 cm³/mol. The smallest absolute Gasteiger partial charge is 0.226 e. The van der Waals surface area contributed by atoms with Gasteiger partial charge in [-0.25, -0.2) is 4.98 Å². The largest absolute Gasteiger partial charge is 0.375 e. The molecule has 0 aromatic carbocycles. The molecule has 0 unspecified atom stereocenters. The van der Waals surface area contributed by atoms with Gasteiger partial charge in [0, 0.05) is 11.4 Å². The van der Waals surface area contributed by atoms with Gasteiger partial charge in [0.1, 0.15) is 0 Å². The van der Waals surface area contributed by atoms with Gasteiger partial charge < -0.3 is 11.1 Å². The van der Waals surface area contributed by atoms with Crippen LogP contribution in [0.5, 0.6) is 0 Å². The predicted octanol–water partition coefficient (Wildman–Crippen LogP) is 1.96. The fraction of sp³-hybridized carbons (Fsp3) is 0.667. The molecule has 1 aliphatic carbocycles. The van der Waals surface area contributed by atoms with Crippen LogP contribution in [0.3, 0.4) is 0 Å². The number of nitrogens with zero attached hydrogens (tertiary/aromatic N) is 1. The molecule has 0 spiro atoms. The first-order valence-corrected chi connectivity index (χ1v) is 7.02. The molecule has 1 fully saturated rings. The lowest BCUT2D eigenvalue weighted by molar-refractivity contribution is -0.121. The number of anilines is 1. The summed E-state index contributed by atoms with van der Waals surface area (Å²) in [6.07, 6.45) is 5.42. The Bertz CT molecular complexity index is 385. The fourth-order valence-corrected chi connectivity index (χ4v) is 3.01. The van der Waals surface area contributed by atoms with Gasteiger partial charge in [-0.2, -0.15) is 0 Å². The van der Waals surface area contributed by atoms with E-state index in [1.54, 1.807) is 0 Å². The molecule has 94 valence electrons. The van der Waals surface area contributed by atoms with E-state index in [9.17, 15) is 4.79 Å². The zero-order chi connectivity index (χ0) is 12.3. The average Bonchev–Trinajstić information content (AvgIpc) is 2.89. The van der Waals surface area contributed by atoms with E-state index < -0.39 is 0 Å². The maximum Gasteiger partial charge on any atom is 0.226 e. The van der Waals surface area contributed by atoms with Crippen molar-refractivity contribution in [2.45, 2.75) is 45.1 Å². The van der Waals surface area contributed by atoms with E-state index in [4.69, 9.17) is 5.73 Å². The number of hydrogen-bond donors (Lipinski definition) is 2. The van der Waals surface area contributed by atoms with Gasteiger partial charge in [0.15, 0.2) is 5.13 Å². The van der Waals surface area contributed by atoms with Gasteiger partial charge >= 0.3 is 0 Å². The molecule has 1 amide bonds. The number of carbonyl (C=O) groups is 1. The Kier molecular flexibility index (Phi) is 3.99. The zero-order valence-electron chi connectivity index (χ0n) is 10.1. The van der Waals surface area contributed by atoms with Gasteiger partial charge in [0.05, 0.1) is 12.1 Å². The molecular weight excluding hydrogens is 234 g/mol. The second kappa shape index (κ2) is 5.49. The lowest BCUT2D eigenvalue weighted by atomic mass is 10.00. The van der Waals surface area contributed by atoms with Crippen LogP contribution < -0.4 is 11.1 Å². The third-order valence-corrected chi connectivity index (χ3v) is 4.13. The van der Waals surface area contributed by atoms with Crippen molar-refractivity contribution in [1.82, 2.24) is 10.3 Å². The van der Waals surface area contributed by atoms with Crippen molar-refractivity contribution in [3.63, 3.8) is 0 Å². The van der Waals surface area contributed by atoms with Gasteiger partial charge in [-0.3, -0.25) is 4.79 Å². The Morgan fingerprint density at radius 1 is 1.65 bits per heavy atom. The summed E-state index contributed by atoms with van der Waals surface area (Å²) in [6, 6.07) is 0.279. The van der Waals surface area contributed by atoms with Crippen molar-refractivity contribution in [1.29, 1.82) is 0 Å². The Hall–Kier alpha value is -1.10. The summed E-state index contributed by atoms with van der Waals surface area (Å²) in [5, 5.41) is 5.43. The van der Waals surface area contributed by atoms with E-state index >= 15 is 0 Å². The molecule has 1 saturated carbocycles. The molecule has 1 aromatic rings. The lowest BCUT2D eigenvalue weighted by Gasteiger charge is -2.20. The van der Waals surface area contributed by atoms with Crippen molar-refractivity contribution < 1.29 is 4.79 Å². The van der Waals surface area contributed by atoms with Crippen LogP contribution in [0.2, 0.25) is 0 Å². The van der Waals surface area contributed by atoms with E-state index in [0.717, 1.165) is 5.69 Å². The van der Waals surface area contributed by atoms with Crippen molar-refractivity contribution >= 4 is 22.4 Å². The van der Waals surface area contributed by atoms with E-state index in [0.29, 0.717) is 17.5 Å². The van der Waals surface area contributed by atoms with Crippen LogP contribution in [-0.2, 0) is 11.2 Å². The maximum absolute atomic E-state index is 11.8. The van der Waals surface area contributed by atoms with Crippen molar-refractivity contribution in [3.8, 4) is 0 Å². The van der Waals surface area contributed by atoms with E-state index in [1.165, 1.54) is 37.0 Å². The minimum Gasteiger partial charge on any atom is -0.375 e. The fourth-order valence-electron chi connectivity index (χ4n) is 2.45. The summed E-state index contributed by atoms with van der Waals surface area (Å²) in [7, 11) is 0. The minimum atomic E-state index is 0.0506. The van der Waals surface area contributed by atoms with Crippen LogP contribution in [0.1, 0.15) is 38.3 Å². The number of nitrogens with two attached hydrogens (primary N) is 1. The summed E-state index contributed by atoms with van der Waals surface area (Å²) in [5.41, 5.74) is 6.30. The molecule has 1 atom stereocenters. The molecule has 0 bridgehead atoms. The summed E-state index contributed by atoms with van der Waals surface area (Å²) >= 11 is 1.38. The van der Waals surface area contributed by atoms with Crippen molar-refractivity contribution in [3.05, 3.63) is 11.1 Å². The molecule has 17 heavy (non-hydrogen) atoms. The van der Waals surface area contributed by atoms with Gasteiger partial charge in [-0.1, -0.05) is 12.8 Å². The summed E-state index contributed by atoms with van der Waals surface area (Å²) in [4.78, 5) is 15.9. The second-order valence-electron chi connectivity index (χ2n) is 4.75. The first-order valence-electron chi connectivity index (χ1n) is 6.14. The number of rotatable bonds is 4. The molecule has 5 heteroatoms. The molecule has 1 heterocycles. The molecule has 0 saturated heterocycles. The van der Waals surface area contributed by atoms with Gasteiger partial charge in [0.25, 0.3) is 0 Å². The number of aromatic nitrogens is 1. The Morgan fingerprint density at radius 3 is 2.94 bits per heavy atom. The van der Waals surface area contributed by atoms with Gasteiger partial charge in [-0.05, 0) is 25.7 Å². The van der Waals surface area contributed by atoms with E-state index in [1.807, 2.05) is 5.38 Å². The molecule has 1 aliphatic rings. The van der Waals surface area contributed by atoms with Crippen LogP contribution in [0, 0.1) is 5.92 Å². The maximum atomic E-state index is 11.8. The number of carbonyl (C=O) groups excluding carboxylic acids is 1. The second-order valence-corrected chi connectivity index (χ2v) is 5.64. The highest BCUT2D eigenvalue weighted by atomic mass is 32.1. The molecule has 1 aromatic heterocycles. The zero-order valence-corrected chi connectivity index (χ0v) is 10.9. The molecule has 0 aliphatic heterocycles. The number of amides is 1. The number of nitrogens with one attached hydrogen (secondary N) is 1. The summed E-state index contributed by atoms with van der Waals surface area (Å²) < 4.78 is 0. The minimum absolute atomic E-state index is 0.0506. The Balaban J connectivity index is 1.80. The number of thiazole rings is 1. The van der Waals surface area contributed by atoms with Crippen LogP contribution in [-0.4, -0.2) is 16.9 Å². The highest BCUT2D eigenvalue weighted by Gasteiger charge is 2.22. The summed E-state index contributed by atoms with van der Waals surface area (Å²) in [5.74, 6) is 0.703. The topological polar surface area (TPSA) is 68.0 Å². The van der Waals surface area contributed by atoms with Gasteiger partial charge in [-0.15, -0.1) is 11.3 Å². The van der Waals surface area contributed by atoms with Crippen molar-refractivity contribution in [2.75, 3.05) is 5.73 Å². The highest BCUT2D eigenvalue weighted by molar-refractivity contribution is 7.13. The van der Waals surface area contributed by atoms with Crippen molar-refractivity contribution in [2.24, 2.45) is 5.92 Å². The first kappa shape index (κ1) is 12.4. The molecule has 2 rings (SSSR count). The van der Waals surface area contributed by atoms with E-state index in [2.05, 4.69) is 17.2 Å². The SMILES string of the molecule is C[C@@H](NC(=O)Cc1csc(N)n1)C1CCCC1. The third kappa shape index (κ3) is 3.43. The summed E-state index contributed by atoms with van der Waals surface area (Å²) in [6.45, 7) is 2.10. The number of nitrogen functional groups attached to an aromatic ring is 1. The lowest BCUT2D eigenvalue weighted by Crippen LogP contribution is -2.38. The quantitative estimate of drug-likeness (QED) is 0.862.